The number of benzene rings is 1. The summed E-state index contributed by atoms with van der Waals surface area (Å²) in [5.41, 5.74) is 0.791. The van der Waals surface area contributed by atoms with Crippen LogP contribution in [0, 0.1) is 11.3 Å². The minimum atomic E-state index is -0.462. The SMILES string of the molecule is N#Cc1cccc(C(=O)OCCOCCCl)c1. The Kier molecular flexibility index (Phi) is 6.08. The van der Waals surface area contributed by atoms with Crippen LogP contribution in [0.3, 0.4) is 0 Å². The van der Waals surface area contributed by atoms with Gasteiger partial charge in [-0.3, -0.25) is 0 Å². The topological polar surface area (TPSA) is 59.3 Å². The maximum atomic E-state index is 11.5. The van der Waals surface area contributed by atoms with E-state index in [0.717, 1.165) is 0 Å². The maximum Gasteiger partial charge on any atom is 0.338 e. The van der Waals surface area contributed by atoms with Gasteiger partial charge in [-0.2, -0.15) is 5.26 Å². The molecular formula is C12H12ClNO3. The second-order valence-corrected chi connectivity index (χ2v) is 3.51. The molecule has 0 bridgehead atoms. The number of nitrogens with zero attached hydrogens (tertiary/aromatic N) is 1. The normalized spacial score (nSPS) is 9.65. The molecule has 0 amide bonds. The molecule has 0 aromatic heterocycles. The summed E-state index contributed by atoms with van der Waals surface area (Å²) in [7, 11) is 0. The minimum absolute atomic E-state index is 0.173. The molecule has 0 N–H and O–H groups in total. The first-order valence-electron chi connectivity index (χ1n) is 5.09. The lowest BCUT2D eigenvalue weighted by atomic mass is 10.1. The number of esters is 1. The number of nitriles is 1. The molecule has 0 aliphatic carbocycles. The van der Waals surface area contributed by atoms with Crippen LogP contribution < -0.4 is 0 Å². The fourth-order valence-corrected chi connectivity index (χ4v) is 1.26. The van der Waals surface area contributed by atoms with E-state index in [1.807, 2.05) is 6.07 Å². The van der Waals surface area contributed by atoms with Crippen molar-refractivity contribution in [3.8, 4) is 6.07 Å². The molecular weight excluding hydrogens is 242 g/mol. The van der Waals surface area contributed by atoms with Crippen LogP contribution in [-0.4, -0.2) is 31.7 Å². The monoisotopic (exact) mass is 253 g/mol. The lowest BCUT2D eigenvalue weighted by molar-refractivity contribution is 0.0338. The highest BCUT2D eigenvalue weighted by Gasteiger charge is 2.07. The number of carbonyl (C=O) groups excluding carboxylic acids is 1. The molecule has 0 unspecified atom stereocenters. The fourth-order valence-electron chi connectivity index (χ4n) is 1.15. The van der Waals surface area contributed by atoms with E-state index in [-0.39, 0.29) is 6.61 Å². The van der Waals surface area contributed by atoms with Gasteiger partial charge in [0.15, 0.2) is 0 Å². The molecule has 0 saturated heterocycles. The summed E-state index contributed by atoms with van der Waals surface area (Å²) in [6, 6.07) is 8.31. The van der Waals surface area contributed by atoms with Gasteiger partial charge in [0.2, 0.25) is 0 Å². The largest absolute Gasteiger partial charge is 0.460 e. The van der Waals surface area contributed by atoms with Gasteiger partial charge in [-0.05, 0) is 18.2 Å². The molecule has 5 heteroatoms. The zero-order valence-corrected chi connectivity index (χ0v) is 9.94. The summed E-state index contributed by atoms with van der Waals surface area (Å²) in [4.78, 5) is 11.5. The Morgan fingerprint density at radius 3 is 2.88 bits per heavy atom. The zero-order chi connectivity index (χ0) is 12.5. The van der Waals surface area contributed by atoms with E-state index in [4.69, 9.17) is 26.3 Å². The van der Waals surface area contributed by atoms with E-state index >= 15 is 0 Å². The van der Waals surface area contributed by atoms with Gasteiger partial charge >= 0.3 is 5.97 Å². The van der Waals surface area contributed by atoms with E-state index < -0.39 is 5.97 Å². The highest BCUT2D eigenvalue weighted by molar-refractivity contribution is 6.17. The Morgan fingerprint density at radius 1 is 1.35 bits per heavy atom. The highest BCUT2D eigenvalue weighted by Crippen LogP contribution is 2.05. The van der Waals surface area contributed by atoms with Gasteiger partial charge in [-0.25, -0.2) is 4.79 Å². The molecule has 0 aliphatic heterocycles. The number of halogens is 1. The number of carbonyl (C=O) groups is 1. The molecule has 0 fully saturated rings. The summed E-state index contributed by atoms with van der Waals surface area (Å²) in [6.07, 6.45) is 0. The predicted octanol–water partition coefficient (Wildman–Crippen LogP) is 1.97. The molecule has 17 heavy (non-hydrogen) atoms. The Balaban J connectivity index is 2.39. The predicted molar refractivity (Wildman–Crippen MR) is 63.0 cm³/mol. The van der Waals surface area contributed by atoms with E-state index in [1.165, 1.54) is 6.07 Å². The van der Waals surface area contributed by atoms with Crippen molar-refractivity contribution in [3.63, 3.8) is 0 Å². The first-order valence-corrected chi connectivity index (χ1v) is 5.62. The van der Waals surface area contributed by atoms with Crippen molar-refractivity contribution in [1.29, 1.82) is 5.26 Å². The Morgan fingerprint density at radius 2 is 2.18 bits per heavy atom. The molecule has 0 saturated carbocycles. The van der Waals surface area contributed by atoms with Crippen molar-refractivity contribution in [2.24, 2.45) is 0 Å². The zero-order valence-electron chi connectivity index (χ0n) is 9.19. The van der Waals surface area contributed by atoms with Crippen LogP contribution in [0.1, 0.15) is 15.9 Å². The van der Waals surface area contributed by atoms with E-state index in [9.17, 15) is 4.79 Å². The number of alkyl halides is 1. The van der Waals surface area contributed by atoms with Crippen molar-refractivity contribution >= 4 is 17.6 Å². The van der Waals surface area contributed by atoms with E-state index in [0.29, 0.717) is 30.2 Å². The van der Waals surface area contributed by atoms with Gasteiger partial charge in [-0.1, -0.05) is 6.07 Å². The molecule has 0 spiro atoms. The van der Waals surface area contributed by atoms with Crippen molar-refractivity contribution in [1.82, 2.24) is 0 Å². The summed E-state index contributed by atoms with van der Waals surface area (Å²) in [6.45, 7) is 0.923. The summed E-state index contributed by atoms with van der Waals surface area (Å²) in [5, 5.41) is 8.68. The standard InChI is InChI=1S/C12H12ClNO3/c13-4-5-16-6-7-17-12(15)11-3-1-2-10(8-11)9-14/h1-3,8H,4-7H2. The minimum Gasteiger partial charge on any atom is -0.460 e. The van der Waals surface area contributed by atoms with Gasteiger partial charge in [0.25, 0.3) is 0 Å². The van der Waals surface area contributed by atoms with Crippen LogP contribution in [-0.2, 0) is 9.47 Å². The van der Waals surface area contributed by atoms with Gasteiger partial charge in [-0.15, -0.1) is 11.6 Å². The lowest BCUT2D eigenvalue weighted by Crippen LogP contribution is -2.11. The molecule has 1 rings (SSSR count). The van der Waals surface area contributed by atoms with Crippen molar-refractivity contribution in [2.45, 2.75) is 0 Å². The first-order chi connectivity index (χ1) is 8.27. The average Bonchev–Trinajstić information content (AvgIpc) is 2.38. The highest BCUT2D eigenvalue weighted by atomic mass is 35.5. The molecule has 0 atom stereocenters. The molecule has 90 valence electrons. The number of ether oxygens (including phenoxy) is 2. The third-order valence-electron chi connectivity index (χ3n) is 1.91. The van der Waals surface area contributed by atoms with Crippen LogP contribution in [0.25, 0.3) is 0 Å². The van der Waals surface area contributed by atoms with E-state index in [2.05, 4.69) is 0 Å². The first kappa shape index (κ1) is 13.5. The van der Waals surface area contributed by atoms with Crippen LogP contribution in [0.15, 0.2) is 24.3 Å². The van der Waals surface area contributed by atoms with Gasteiger partial charge < -0.3 is 9.47 Å². The van der Waals surface area contributed by atoms with Crippen LogP contribution in [0.5, 0.6) is 0 Å². The van der Waals surface area contributed by atoms with Gasteiger partial charge in [0, 0.05) is 5.88 Å². The summed E-state index contributed by atoms with van der Waals surface area (Å²) < 4.78 is 10.0. The molecule has 0 radical (unpaired) electrons. The fraction of sp³-hybridized carbons (Fsp3) is 0.333. The van der Waals surface area contributed by atoms with Crippen LogP contribution >= 0.6 is 11.6 Å². The van der Waals surface area contributed by atoms with Crippen molar-refractivity contribution in [2.75, 3.05) is 25.7 Å². The smallest absolute Gasteiger partial charge is 0.338 e. The average molecular weight is 254 g/mol. The van der Waals surface area contributed by atoms with Crippen molar-refractivity contribution < 1.29 is 14.3 Å². The van der Waals surface area contributed by atoms with Gasteiger partial charge in [0.05, 0.1) is 30.4 Å². The molecule has 0 heterocycles. The molecule has 1 aromatic carbocycles. The Bertz CT molecular complexity index is 414. The third kappa shape index (κ3) is 4.85. The molecule has 1 aromatic rings. The number of hydrogen-bond donors (Lipinski definition) is 0. The second-order valence-electron chi connectivity index (χ2n) is 3.13. The van der Waals surface area contributed by atoms with Gasteiger partial charge in [0.1, 0.15) is 6.61 Å². The number of hydrogen-bond acceptors (Lipinski definition) is 4. The van der Waals surface area contributed by atoms with E-state index in [1.54, 1.807) is 18.2 Å². The molecule has 4 nitrogen and oxygen atoms in total. The summed E-state index contributed by atoms with van der Waals surface area (Å²) in [5.74, 6) is -0.0467. The van der Waals surface area contributed by atoms with Crippen LogP contribution in [0.2, 0.25) is 0 Å². The van der Waals surface area contributed by atoms with Crippen molar-refractivity contribution in [3.05, 3.63) is 35.4 Å². The second kappa shape index (κ2) is 7.66. The van der Waals surface area contributed by atoms with Crippen LogP contribution in [0.4, 0.5) is 0 Å². The maximum absolute atomic E-state index is 11.5. The number of rotatable bonds is 6. The Labute approximate surface area is 105 Å². The quantitative estimate of drug-likeness (QED) is 0.442. The summed E-state index contributed by atoms with van der Waals surface area (Å²) >= 11 is 5.41. The Hall–Kier alpha value is -1.57. The lowest BCUT2D eigenvalue weighted by Gasteiger charge is -2.05. The third-order valence-corrected chi connectivity index (χ3v) is 2.06. The molecule has 0 aliphatic rings.